The van der Waals surface area contributed by atoms with Gasteiger partial charge in [0.15, 0.2) is 11.5 Å². The van der Waals surface area contributed by atoms with Crippen molar-refractivity contribution >= 4 is 16.2 Å². The molecule has 0 aliphatic rings. The number of phenolic OH excluding ortho intramolecular Hbond substituents is 1. The number of nitrogens with zero attached hydrogens (tertiary/aromatic N) is 1. The van der Waals surface area contributed by atoms with E-state index in [1.165, 1.54) is 6.21 Å². The van der Waals surface area contributed by atoms with Crippen molar-refractivity contribution in [3.05, 3.63) is 53.6 Å². The molecule has 0 radical (unpaired) electrons. The minimum atomic E-state index is -3.77. The van der Waals surface area contributed by atoms with E-state index in [1.807, 2.05) is 12.1 Å². The molecule has 0 heterocycles. The quantitative estimate of drug-likeness (QED) is 0.544. The second-order valence-electron chi connectivity index (χ2n) is 5.86. The number of aromatic hydroxyl groups is 1. The average molecular weight is 376 g/mol. The highest BCUT2D eigenvalue weighted by Crippen LogP contribution is 2.28. The Bertz CT molecular complexity index is 862. The van der Waals surface area contributed by atoms with E-state index in [4.69, 9.17) is 4.74 Å². The van der Waals surface area contributed by atoms with E-state index >= 15 is 0 Å². The van der Waals surface area contributed by atoms with Crippen LogP contribution in [0.15, 0.2) is 52.5 Å². The minimum absolute atomic E-state index is 0.0878. The number of hydrogen-bond acceptors (Lipinski definition) is 5. The largest absolute Gasteiger partial charge is 0.504 e. The normalized spacial score (nSPS) is 12.9. The number of rotatable bonds is 8. The summed E-state index contributed by atoms with van der Waals surface area (Å²) in [6, 6.07) is 11.7. The zero-order valence-electron chi connectivity index (χ0n) is 15.1. The first kappa shape index (κ1) is 19.8. The minimum Gasteiger partial charge on any atom is -0.504 e. The molecule has 2 N–H and O–H groups in total. The van der Waals surface area contributed by atoms with Crippen LogP contribution in [0.5, 0.6) is 11.5 Å². The lowest BCUT2D eigenvalue weighted by molar-refractivity contribution is 0.318. The number of benzene rings is 2. The predicted octanol–water partition coefficient (Wildman–Crippen LogP) is 3.62. The van der Waals surface area contributed by atoms with Crippen LogP contribution in [-0.4, -0.2) is 26.3 Å². The summed E-state index contributed by atoms with van der Waals surface area (Å²) in [5, 5.41) is 13.8. The van der Waals surface area contributed by atoms with E-state index < -0.39 is 10.0 Å². The zero-order valence-corrected chi connectivity index (χ0v) is 16.0. The average Bonchev–Trinajstić information content (AvgIpc) is 2.64. The molecule has 0 amide bonds. The third-order valence-corrected chi connectivity index (χ3v) is 5.32. The molecule has 0 aliphatic heterocycles. The highest BCUT2D eigenvalue weighted by molar-refractivity contribution is 7.89. The molecule has 1 atom stereocenters. The lowest BCUT2D eigenvalue weighted by Gasteiger charge is -2.10. The highest BCUT2D eigenvalue weighted by atomic mass is 32.2. The van der Waals surface area contributed by atoms with Crippen LogP contribution >= 0.6 is 0 Å². The van der Waals surface area contributed by atoms with E-state index in [0.717, 1.165) is 12.0 Å². The number of para-hydroxylation sites is 1. The van der Waals surface area contributed by atoms with Crippen LogP contribution in [0.2, 0.25) is 0 Å². The van der Waals surface area contributed by atoms with Crippen molar-refractivity contribution < 1.29 is 18.3 Å². The molecule has 2 aromatic rings. The lowest BCUT2D eigenvalue weighted by atomic mass is 9.99. The Kier molecular flexibility index (Phi) is 6.63. The summed E-state index contributed by atoms with van der Waals surface area (Å²) in [4.78, 5) is 2.29. The smallest absolute Gasteiger partial charge is 0.276 e. The van der Waals surface area contributed by atoms with Gasteiger partial charge >= 0.3 is 0 Å². The number of phenols is 1. The van der Waals surface area contributed by atoms with Crippen LogP contribution in [-0.2, 0) is 10.0 Å². The van der Waals surface area contributed by atoms with Gasteiger partial charge in [0.25, 0.3) is 10.0 Å². The topological polar surface area (TPSA) is 88.0 Å². The molecular weight excluding hydrogens is 352 g/mol. The molecule has 0 spiro atoms. The van der Waals surface area contributed by atoms with Crippen LogP contribution < -0.4 is 9.57 Å². The molecule has 1 unspecified atom stereocenters. The molecule has 0 bridgehead atoms. The van der Waals surface area contributed by atoms with Crippen molar-refractivity contribution in [3.8, 4) is 11.5 Å². The Morgan fingerprint density at radius 2 is 1.88 bits per heavy atom. The Balaban J connectivity index is 2.13. The molecule has 2 aromatic carbocycles. The second-order valence-corrected chi connectivity index (χ2v) is 7.52. The van der Waals surface area contributed by atoms with Crippen molar-refractivity contribution in [3.63, 3.8) is 0 Å². The van der Waals surface area contributed by atoms with Gasteiger partial charge in [0, 0.05) is 5.56 Å². The Hall–Kier alpha value is -2.54. The van der Waals surface area contributed by atoms with Gasteiger partial charge in [-0.05, 0) is 49.1 Å². The summed E-state index contributed by atoms with van der Waals surface area (Å²) < 4.78 is 29.9. The summed E-state index contributed by atoms with van der Waals surface area (Å²) in [6.45, 7) is 6.39. The Labute approximate surface area is 154 Å². The molecule has 7 heteroatoms. The van der Waals surface area contributed by atoms with E-state index in [1.54, 1.807) is 37.3 Å². The highest BCUT2D eigenvalue weighted by Gasteiger charge is 2.13. The first-order valence-electron chi connectivity index (χ1n) is 8.48. The molecule has 0 saturated carbocycles. The molecule has 0 saturated heterocycles. The molecule has 0 aromatic heterocycles. The maximum absolute atomic E-state index is 12.3. The van der Waals surface area contributed by atoms with Crippen molar-refractivity contribution in [2.45, 2.75) is 38.0 Å². The molecular formula is C19H24N2O4S. The van der Waals surface area contributed by atoms with E-state index in [9.17, 15) is 13.5 Å². The number of hydrazone groups is 1. The lowest BCUT2D eigenvalue weighted by Crippen LogP contribution is -2.18. The monoisotopic (exact) mass is 376 g/mol. The van der Waals surface area contributed by atoms with Crippen molar-refractivity contribution in [2.75, 3.05) is 6.61 Å². The van der Waals surface area contributed by atoms with Crippen LogP contribution in [0.3, 0.4) is 0 Å². The van der Waals surface area contributed by atoms with E-state index in [2.05, 4.69) is 23.8 Å². The van der Waals surface area contributed by atoms with Crippen LogP contribution in [0, 0.1) is 0 Å². The third-order valence-electron chi connectivity index (χ3n) is 4.08. The standard InChI is InChI=1S/C19H24N2O4S/c1-4-14(3)15-9-11-17(12-10-15)26(23,24)21-20-13-16-7-6-8-18(19(16)22)25-5-2/h6-14,21-22H,4-5H2,1-3H3/b20-13+. The van der Waals surface area contributed by atoms with E-state index in [-0.39, 0.29) is 10.6 Å². The first-order valence-corrected chi connectivity index (χ1v) is 9.97. The van der Waals surface area contributed by atoms with Crippen LogP contribution in [0.1, 0.15) is 44.2 Å². The van der Waals surface area contributed by atoms with Gasteiger partial charge in [0.1, 0.15) is 0 Å². The van der Waals surface area contributed by atoms with Gasteiger partial charge in [-0.25, -0.2) is 4.83 Å². The Morgan fingerprint density at radius 1 is 1.19 bits per heavy atom. The molecule has 6 nitrogen and oxygen atoms in total. The molecule has 0 fully saturated rings. The third kappa shape index (κ3) is 4.76. The molecule has 0 aliphatic carbocycles. The van der Waals surface area contributed by atoms with Gasteiger partial charge in [-0.15, -0.1) is 0 Å². The fourth-order valence-corrected chi connectivity index (χ4v) is 3.14. The van der Waals surface area contributed by atoms with Gasteiger partial charge in [-0.2, -0.15) is 13.5 Å². The van der Waals surface area contributed by atoms with Gasteiger partial charge in [0.05, 0.1) is 17.7 Å². The number of ether oxygens (including phenoxy) is 1. The van der Waals surface area contributed by atoms with Crippen molar-refractivity contribution in [1.82, 2.24) is 4.83 Å². The molecule has 140 valence electrons. The van der Waals surface area contributed by atoms with Gasteiger partial charge in [-0.1, -0.05) is 32.0 Å². The fourth-order valence-electron chi connectivity index (χ4n) is 2.34. The van der Waals surface area contributed by atoms with Crippen molar-refractivity contribution in [1.29, 1.82) is 0 Å². The number of sulfonamides is 1. The summed E-state index contributed by atoms with van der Waals surface area (Å²) >= 11 is 0. The molecule has 26 heavy (non-hydrogen) atoms. The summed E-state index contributed by atoms with van der Waals surface area (Å²) in [5.74, 6) is 0.605. The number of hydrogen-bond donors (Lipinski definition) is 2. The summed E-state index contributed by atoms with van der Waals surface area (Å²) in [6.07, 6.45) is 2.22. The Morgan fingerprint density at radius 3 is 2.50 bits per heavy atom. The number of nitrogens with one attached hydrogen (secondary N) is 1. The SMILES string of the molecule is CCOc1cccc(/C=N/NS(=O)(=O)c2ccc(C(C)CC)cc2)c1O. The van der Waals surface area contributed by atoms with Crippen LogP contribution in [0.4, 0.5) is 0 Å². The van der Waals surface area contributed by atoms with Gasteiger partial charge in [-0.3, -0.25) is 0 Å². The van der Waals surface area contributed by atoms with Gasteiger partial charge < -0.3 is 9.84 Å². The predicted molar refractivity (Wildman–Crippen MR) is 102 cm³/mol. The van der Waals surface area contributed by atoms with E-state index in [0.29, 0.717) is 23.8 Å². The summed E-state index contributed by atoms with van der Waals surface area (Å²) in [5.41, 5.74) is 1.44. The first-order chi connectivity index (χ1) is 12.4. The summed E-state index contributed by atoms with van der Waals surface area (Å²) in [7, 11) is -3.77. The second kappa shape index (κ2) is 8.71. The van der Waals surface area contributed by atoms with Gasteiger partial charge in [0.2, 0.25) is 0 Å². The fraction of sp³-hybridized carbons (Fsp3) is 0.316. The maximum atomic E-state index is 12.3. The van der Waals surface area contributed by atoms with Crippen molar-refractivity contribution in [2.24, 2.45) is 5.10 Å². The van der Waals surface area contributed by atoms with Crippen LogP contribution in [0.25, 0.3) is 0 Å². The zero-order chi connectivity index (χ0) is 19.2. The maximum Gasteiger partial charge on any atom is 0.276 e. The molecule has 2 rings (SSSR count).